The molecular weight excluding hydrogens is 290 g/mol. The zero-order chi connectivity index (χ0) is 17.0. The molecule has 23 heavy (non-hydrogen) atoms. The lowest BCUT2D eigenvalue weighted by Gasteiger charge is -2.56. The van der Waals surface area contributed by atoms with Gasteiger partial charge in [0, 0.05) is 24.6 Å². The van der Waals surface area contributed by atoms with Crippen LogP contribution in [0.1, 0.15) is 56.5 Å². The zero-order valence-corrected chi connectivity index (χ0v) is 14.7. The maximum Gasteiger partial charge on any atom is 0.335 e. The van der Waals surface area contributed by atoms with Crippen LogP contribution in [0.4, 0.5) is 0 Å². The number of carboxylic acid groups (broad SMARTS) is 1. The smallest absolute Gasteiger partial charge is 0.335 e. The Bertz CT molecular complexity index is 524. The van der Waals surface area contributed by atoms with Crippen molar-refractivity contribution in [2.75, 3.05) is 13.2 Å². The van der Waals surface area contributed by atoms with Crippen molar-refractivity contribution >= 4 is 5.97 Å². The van der Waals surface area contributed by atoms with Crippen LogP contribution in [0.5, 0.6) is 0 Å². The van der Waals surface area contributed by atoms with Crippen molar-refractivity contribution in [3.63, 3.8) is 0 Å². The number of aromatic carboxylic acids is 1. The fourth-order valence-electron chi connectivity index (χ4n) is 3.59. The topological polar surface area (TPSA) is 49.8 Å². The summed E-state index contributed by atoms with van der Waals surface area (Å²) in [5, 5.41) is 9.00. The summed E-state index contributed by atoms with van der Waals surface area (Å²) in [5.41, 5.74) is 1.67. The SMILES string of the molecule is CCCN(Cc1ccc(C(=O)O)cc1)C1CC(OCC)C1(C)C. The average molecular weight is 319 g/mol. The summed E-state index contributed by atoms with van der Waals surface area (Å²) in [6, 6.07) is 7.75. The van der Waals surface area contributed by atoms with Crippen molar-refractivity contribution < 1.29 is 14.6 Å². The molecule has 0 heterocycles. The summed E-state index contributed by atoms with van der Waals surface area (Å²) in [6.45, 7) is 11.5. The minimum Gasteiger partial charge on any atom is -0.478 e. The van der Waals surface area contributed by atoms with E-state index in [0.29, 0.717) is 17.7 Å². The Kier molecular flexibility index (Phi) is 5.82. The maximum atomic E-state index is 11.0. The third kappa shape index (κ3) is 3.93. The molecule has 1 N–H and O–H groups in total. The van der Waals surface area contributed by atoms with E-state index in [2.05, 4.69) is 32.6 Å². The van der Waals surface area contributed by atoms with Crippen molar-refractivity contribution in [3.05, 3.63) is 35.4 Å². The van der Waals surface area contributed by atoms with E-state index in [4.69, 9.17) is 9.84 Å². The number of hydrogen-bond acceptors (Lipinski definition) is 3. The molecule has 0 amide bonds. The molecule has 1 aliphatic rings. The molecule has 2 rings (SSSR count). The Hall–Kier alpha value is -1.39. The van der Waals surface area contributed by atoms with Crippen LogP contribution in [0, 0.1) is 5.41 Å². The number of carboxylic acids is 1. The molecule has 2 unspecified atom stereocenters. The molecule has 0 bridgehead atoms. The Balaban J connectivity index is 2.06. The van der Waals surface area contributed by atoms with Crippen molar-refractivity contribution in [1.29, 1.82) is 0 Å². The molecule has 4 nitrogen and oxygen atoms in total. The van der Waals surface area contributed by atoms with E-state index in [-0.39, 0.29) is 5.41 Å². The fourth-order valence-corrected chi connectivity index (χ4v) is 3.59. The van der Waals surface area contributed by atoms with Crippen molar-refractivity contribution in [2.24, 2.45) is 5.41 Å². The predicted octanol–water partition coefficient (Wildman–Crippen LogP) is 3.80. The van der Waals surface area contributed by atoms with Gasteiger partial charge in [-0.25, -0.2) is 4.79 Å². The first-order valence-electron chi connectivity index (χ1n) is 8.58. The second-order valence-corrected chi connectivity index (χ2v) is 6.99. The first-order valence-corrected chi connectivity index (χ1v) is 8.58. The molecule has 1 aliphatic carbocycles. The molecule has 2 atom stereocenters. The summed E-state index contributed by atoms with van der Waals surface area (Å²) < 4.78 is 5.85. The second-order valence-electron chi connectivity index (χ2n) is 6.99. The van der Waals surface area contributed by atoms with E-state index in [9.17, 15) is 4.79 Å². The lowest BCUT2D eigenvalue weighted by atomic mass is 9.63. The fraction of sp³-hybridized carbons (Fsp3) is 0.632. The molecule has 1 aromatic rings. The van der Waals surface area contributed by atoms with Crippen molar-refractivity contribution in [2.45, 2.75) is 59.2 Å². The minimum absolute atomic E-state index is 0.159. The molecule has 128 valence electrons. The van der Waals surface area contributed by atoms with Gasteiger partial charge in [0.2, 0.25) is 0 Å². The molecule has 0 aromatic heterocycles. The third-order valence-corrected chi connectivity index (χ3v) is 5.03. The number of nitrogens with zero attached hydrogens (tertiary/aromatic N) is 1. The summed E-state index contributed by atoms with van der Waals surface area (Å²) in [5.74, 6) is -0.873. The molecular formula is C19H29NO3. The first kappa shape index (κ1) is 18.0. The van der Waals surface area contributed by atoms with Crippen molar-refractivity contribution in [3.8, 4) is 0 Å². The number of benzene rings is 1. The molecule has 0 radical (unpaired) electrons. The average Bonchev–Trinajstić information content (AvgIpc) is 2.51. The van der Waals surface area contributed by atoms with E-state index < -0.39 is 5.97 Å². The summed E-state index contributed by atoms with van der Waals surface area (Å²) >= 11 is 0. The predicted molar refractivity (Wildman–Crippen MR) is 91.7 cm³/mol. The summed E-state index contributed by atoms with van der Waals surface area (Å²) in [7, 11) is 0. The Morgan fingerprint density at radius 3 is 2.43 bits per heavy atom. The highest BCUT2D eigenvalue weighted by atomic mass is 16.5. The molecule has 1 saturated carbocycles. The van der Waals surface area contributed by atoms with Gasteiger partial charge in [0.05, 0.1) is 11.7 Å². The molecule has 1 aromatic carbocycles. The van der Waals surface area contributed by atoms with Crippen LogP contribution in [0.3, 0.4) is 0 Å². The van der Waals surface area contributed by atoms with Gasteiger partial charge < -0.3 is 9.84 Å². The van der Waals surface area contributed by atoms with Gasteiger partial charge >= 0.3 is 5.97 Å². The van der Waals surface area contributed by atoms with Gasteiger partial charge in [-0.05, 0) is 44.0 Å². The lowest BCUT2D eigenvalue weighted by molar-refractivity contribution is -0.151. The molecule has 0 saturated heterocycles. The van der Waals surface area contributed by atoms with E-state index >= 15 is 0 Å². The normalized spacial score (nSPS) is 22.8. The molecule has 0 aliphatic heterocycles. The first-order chi connectivity index (χ1) is 10.9. The minimum atomic E-state index is -0.873. The van der Waals surface area contributed by atoms with E-state index in [1.807, 2.05) is 12.1 Å². The van der Waals surface area contributed by atoms with Crippen LogP contribution in [0.15, 0.2) is 24.3 Å². The van der Waals surface area contributed by atoms with Crippen LogP contribution in [-0.4, -0.2) is 41.3 Å². The molecule has 1 fully saturated rings. The second kappa shape index (κ2) is 7.45. The van der Waals surface area contributed by atoms with Gasteiger partial charge in [-0.2, -0.15) is 0 Å². The highest BCUT2D eigenvalue weighted by molar-refractivity contribution is 5.87. The van der Waals surface area contributed by atoms with Crippen LogP contribution in [0.25, 0.3) is 0 Å². The highest BCUT2D eigenvalue weighted by Crippen LogP contribution is 2.46. The van der Waals surface area contributed by atoms with Crippen LogP contribution in [-0.2, 0) is 11.3 Å². The number of rotatable bonds is 8. The van der Waals surface area contributed by atoms with Gasteiger partial charge in [0.25, 0.3) is 0 Å². The standard InChI is InChI=1S/C19H29NO3/c1-5-11-20(16-12-17(23-6-2)19(16,3)4)13-14-7-9-15(10-8-14)18(21)22/h7-10,16-17H,5-6,11-13H2,1-4H3,(H,21,22). The van der Waals surface area contributed by atoms with Gasteiger partial charge in [-0.15, -0.1) is 0 Å². The number of ether oxygens (including phenoxy) is 1. The quantitative estimate of drug-likeness (QED) is 0.792. The summed E-state index contributed by atoms with van der Waals surface area (Å²) in [6.07, 6.45) is 2.53. The molecule has 4 heteroatoms. The zero-order valence-electron chi connectivity index (χ0n) is 14.7. The van der Waals surface area contributed by atoms with Crippen LogP contribution in [0.2, 0.25) is 0 Å². The Morgan fingerprint density at radius 2 is 1.96 bits per heavy atom. The van der Waals surface area contributed by atoms with E-state index in [1.54, 1.807) is 12.1 Å². The lowest BCUT2D eigenvalue weighted by Crippen LogP contribution is -2.62. The van der Waals surface area contributed by atoms with E-state index in [1.165, 1.54) is 5.56 Å². The largest absolute Gasteiger partial charge is 0.478 e. The molecule has 0 spiro atoms. The Morgan fingerprint density at radius 1 is 1.30 bits per heavy atom. The highest BCUT2D eigenvalue weighted by Gasteiger charge is 2.51. The van der Waals surface area contributed by atoms with Crippen molar-refractivity contribution in [1.82, 2.24) is 4.90 Å². The Labute approximate surface area is 139 Å². The summed E-state index contributed by atoms with van der Waals surface area (Å²) in [4.78, 5) is 13.5. The van der Waals surface area contributed by atoms with Crippen LogP contribution < -0.4 is 0 Å². The number of hydrogen-bond donors (Lipinski definition) is 1. The van der Waals surface area contributed by atoms with Gasteiger partial charge in [0.15, 0.2) is 0 Å². The van der Waals surface area contributed by atoms with Gasteiger partial charge in [-0.1, -0.05) is 32.9 Å². The van der Waals surface area contributed by atoms with Crippen LogP contribution >= 0.6 is 0 Å². The van der Waals surface area contributed by atoms with E-state index in [0.717, 1.165) is 32.5 Å². The van der Waals surface area contributed by atoms with Gasteiger partial charge in [-0.3, -0.25) is 4.90 Å². The van der Waals surface area contributed by atoms with Gasteiger partial charge in [0.1, 0.15) is 0 Å². The number of carbonyl (C=O) groups is 1. The monoisotopic (exact) mass is 319 g/mol. The third-order valence-electron chi connectivity index (χ3n) is 5.03. The maximum absolute atomic E-state index is 11.0.